The Labute approximate surface area is 405 Å². The summed E-state index contributed by atoms with van der Waals surface area (Å²) in [5.74, 6) is -1.42. The van der Waals surface area contributed by atoms with E-state index < -0.39 is 47.4 Å². The number of aromatic hydroxyl groups is 1. The molecule has 0 radical (unpaired) electrons. The summed E-state index contributed by atoms with van der Waals surface area (Å²) in [5.41, 5.74) is 9.30. The maximum Gasteiger partial charge on any atom is 0.324 e. The molecular formula is C51H71N10O8+. The van der Waals surface area contributed by atoms with Gasteiger partial charge in [-0.3, -0.25) is 24.2 Å². The molecule has 2 aromatic heterocycles. The van der Waals surface area contributed by atoms with E-state index >= 15 is 0 Å². The average molecular weight is 952 g/mol. The summed E-state index contributed by atoms with van der Waals surface area (Å²) < 4.78 is 16.5. The number of amides is 3. The summed E-state index contributed by atoms with van der Waals surface area (Å²) in [6.45, 7) is 17.0. The third kappa shape index (κ3) is 10.2. The van der Waals surface area contributed by atoms with Gasteiger partial charge in [0.1, 0.15) is 28.4 Å². The van der Waals surface area contributed by atoms with Crippen LogP contribution in [0.3, 0.4) is 0 Å². The number of esters is 1. The highest BCUT2D eigenvalue weighted by Crippen LogP contribution is 2.43. The highest BCUT2D eigenvalue weighted by molar-refractivity contribution is 5.95. The molecule has 2 fully saturated rings. The molecule has 0 aliphatic carbocycles. The topological polar surface area (TPSA) is 187 Å². The van der Waals surface area contributed by atoms with E-state index in [2.05, 4.69) is 59.4 Å². The van der Waals surface area contributed by atoms with Gasteiger partial charge >= 0.3 is 5.97 Å². The number of phenolic OH excluding ortho intramolecular Hbond substituents is 1. The standard InChI is InChI=1S/C51H70N10O8/c1-13-42(63)58-21-19-35(28-58)61(67)57(11)44(30(3)4)47(64)52-40-24-32-22-34(25-36(62)23-32)33-17-18-41-37(26-33)38(27-51(6,7)29-69-49(66)39-16-15-20-60(54-39)48(40)65)46(59(41)14-2)43-45(31(5)68-12)56(10)50(53-43)55(8)9/h13,17-18,22-23,25-26,30-31,35,39-40,44,54H,1,14-16,19-21,24,27-29H2,2-12H3,(H-,52,62,64)/p+1/t31-,35-,39-,40-,44-/m0/s1. The van der Waals surface area contributed by atoms with E-state index in [-0.39, 0.29) is 49.8 Å². The number of fused-ring (bicyclic) bond motifs is 6. The molecule has 3 amide bonds. The van der Waals surface area contributed by atoms with E-state index in [0.29, 0.717) is 49.9 Å². The number of imidazole rings is 1. The first-order chi connectivity index (χ1) is 32.7. The molecular weight excluding hydrogens is 881 g/mol. The van der Waals surface area contributed by atoms with E-state index in [1.807, 2.05) is 58.9 Å². The summed E-state index contributed by atoms with van der Waals surface area (Å²) in [6.07, 6.45) is 2.75. The monoisotopic (exact) mass is 952 g/mol. The summed E-state index contributed by atoms with van der Waals surface area (Å²) in [4.78, 5) is 79.1. The first-order valence-electron chi connectivity index (χ1n) is 24.1. The van der Waals surface area contributed by atoms with E-state index in [1.54, 1.807) is 31.2 Å². The Hall–Kier alpha value is -6.27. The normalized spacial score (nSPS) is 20.6. The van der Waals surface area contributed by atoms with Crippen LogP contribution in [0.1, 0.15) is 83.7 Å². The lowest BCUT2D eigenvalue weighted by Gasteiger charge is -2.36. The number of ether oxygens (including phenoxy) is 2. The van der Waals surface area contributed by atoms with Crippen molar-refractivity contribution in [3.8, 4) is 28.3 Å². The predicted molar refractivity (Wildman–Crippen MR) is 264 cm³/mol. The fourth-order valence-electron chi connectivity index (χ4n) is 10.4. The summed E-state index contributed by atoms with van der Waals surface area (Å²) in [6, 6.07) is 7.83. The fourth-order valence-corrected chi connectivity index (χ4v) is 10.4. The Kier molecular flexibility index (Phi) is 14.9. The van der Waals surface area contributed by atoms with Crippen LogP contribution in [0, 0.1) is 16.2 Å². The van der Waals surface area contributed by atoms with Crippen molar-refractivity contribution >= 4 is 40.5 Å². The number of hydrogen-bond donors (Lipinski definition) is 3. The largest absolute Gasteiger partial charge is 0.508 e. The fraction of sp³-hybridized carbons (Fsp3) is 0.549. The van der Waals surface area contributed by atoms with Crippen molar-refractivity contribution in [2.45, 2.75) is 110 Å². The van der Waals surface area contributed by atoms with Gasteiger partial charge in [-0.15, -0.1) is 5.01 Å². The number of methoxy groups -OCH3 is 1. The SMILES string of the molecule is C=CC(=O)N1CC[C@H]([N+](=O)N(C)[C@H](C(=O)N[C@H]2Cc3cc(O)cc(c3)-c3ccc4c(c3)c(c(-c3nc(N(C)C)n(C)c3[C@H](C)OC)n4CC)CC(C)(C)COC(=O)[C@@H]3CCCN(N3)C2=O)C(C)C)C1. The molecule has 2 saturated heterocycles. The van der Waals surface area contributed by atoms with Crippen LogP contribution in [0.15, 0.2) is 49.1 Å². The zero-order valence-electron chi connectivity index (χ0n) is 42.2. The highest BCUT2D eigenvalue weighted by atomic mass is 16.5. The van der Waals surface area contributed by atoms with Crippen molar-refractivity contribution in [2.75, 3.05) is 59.4 Å². The van der Waals surface area contributed by atoms with Crippen molar-refractivity contribution < 1.29 is 38.6 Å². The number of phenols is 1. The number of nitrogens with zero attached hydrogens (tertiary/aromatic N) is 8. The van der Waals surface area contributed by atoms with Crippen LogP contribution >= 0.6 is 0 Å². The zero-order valence-corrected chi connectivity index (χ0v) is 42.2. The Morgan fingerprint density at radius 2 is 1.84 bits per heavy atom. The number of anilines is 1. The number of hydrazine groups is 2. The summed E-state index contributed by atoms with van der Waals surface area (Å²) >= 11 is 0. The van der Waals surface area contributed by atoms with Crippen molar-refractivity contribution in [3.05, 3.63) is 70.8 Å². The molecule has 69 heavy (non-hydrogen) atoms. The van der Waals surface area contributed by atoms with Gasteiger partial charge in [0.2, 0.25) is 17.8 Å². The maximum atomic E-state index is 14.8. The van der Waals surface area contributed by atoms with Gasteiger partial charge in [-0.2, -0.15) is 0 Å². The molecule has 3 N–H and O–H groups in total. The van der Waals surface area contributed by atoms with Crippen LogP contribution in [0.5, 0.6) is 5.75 Å². The third-order valence-electron chi connectivity index (χ3n) is 13.9. The minimum atomic E-state index is -1.18. The van der Waals surface area contributed by atoms with Gasteiger partial charge in [0.05, 0.1) is 42.6 Å². The molecule has 0 unspecified atom stereocenters. The smallest absolute Gasteiger partial charge is 0.324 e. The molecule has 18 heteroatoms. The molecule has 372 valence electrons. The number of likely N-dealkylation sites (tertiary alicyclic amines) is 1. The zero-order chi connectivity index (χ0) is 50.2. The third-order valence-corrected chi connectivity index (χ3v) is 13.9. The molecule has 7 rings (SSSR count). The Bertz CT molecular complexity index is 2630. The second-order valence-electron chi connectivity index (χ2n) is 20.2. The Morgan fingerprint density at radius 3 is 2.51 bits per heavy atom. The van der Waals surface area contributed by atoms with Crippen LogP contribution in [0.4, 0.5) is 5.95 Å². The number of carbonyl (C=O) groups is 4. The lowest BCUT2D eigenvalue weighted by atomic mass is 9.84. The number of aryl methyl sites for hydroxylation is 1. The molecule has 5 heterocycles. The van der Waals surface area contributed by atoms with Gasteiger partial charge in [-0.25, -0.2) is 10.4 Å². The minimum Gasteiger partial charge on any atom is -0.508 e. The highest BCUT2D eigenvalue weighted by Gasteiger charge is 2.45. The van der Waals surface area contributed by atoms with Gasteiger partial charge < -0.3 is 38.8 Å². The van der Waals surface area contributed by atoms with Gasteiger partial charge in [-0.1, -0.05) is 46.4 Å². The lowest BCUT2D eigenvalue weighted by molar-refractivity contribution is -0.732. The van der Waals surface area contributed by atoms with Crippen molar-refractivity contribution in [1.82, 2.24) is 39.8 Å². The van der Waals surface area contributed by atoms with E-state index in [0.717, 1.165) is 49.9 Å². The number of carbonyl (C=O) groups excluding carboxylic acids is 4. The van der Waals surface area contributed by atoms with Crippen LogP contribution in [-0.4, -0.2) is 141 Å². The van der Waals surface area contributed by atoms with Crippen LogP contribution in [0.25, 0.3) is 33.4 Å². The van der Waals surface area contributed by atoms with E-state index in [9.17, 15) is 29.2 Å². The van der Waals surface area contributed by atoms with Crippen molar-refractivity contribution in [1.29, 1.82) is 0 Å². The molecule has 0 spiro atoms. The molecule has 3 aliphatic heterocycles. The number of cyclic esters (lactones) is 1. The van der Waals surface area contributed by atoms with Gasteiger partial charge in [0, 0.05) is 77.0 Å². The van der Waals surface area contributed by atoms with Gasteiger partial charge in [0.15, 0.2) is 6.04 Å². The van der Waals surface area contributed by atoms with Gasteiger partial charge in [-0.05, 0) is 91.6 Å². The lowest BCUT2D eigenvalue weighted by Crippen LogP contribution is -2.62. The second-order valence-corrected chi connectivity index (χ2v) is 20.2. The van der Waals surface area contributed by atoms with Gasteiger partial charge in [0.25, 0.3) is 11.9 Å². The minimum absolute atomic E-state index is 0.0215. The molecule has 5 atom stereocenters. The van der Waals surface area contributed by atoms with Crippen molar-refractivity contribution in [2.24, 2.45) is 18.4 Å². The van der Waals surface area contributed by atoms with Crippen LogP contribution in [-0.2, 0) is 55.1 Å². The number of aromatic nitrogens is 3. The number of nitrogens with one attached hydrogen (secondary N) is 2. The quantitative estimate of drug-likeness (QED) is 0.0722. The average Bonchev–Trinajstić information content (AvgIpc) is 4.03. The molecule has 0 saturated carbocycles. The van der Waals surface area contributed by atoms with Crippen LogP contribution < -0.4 is 15.6 Å². The van der Waals surface area contributed by atoms with E-state index in [1.165, 1.54) is 16.1 Å². The summed E-state index contributed by atoms with van der Waals surface area (Å²) in [7, 11) is 9.16. The first kappa shape index (κ1) is 50.6. The molecule has 6 bridgehead atoms. The summed E-state index contributed by atoms with van der Waals surface area (Å²) in [5, 5.41) is 18.1. The molecule has 4 aromatic rings. The Balaban J connectivity index is 1.33. The number of benzene rings is 2. The van der Waals surface area contributed by atoms with Crippen molar-refractivity contribution in [3.63, 3.8) is 0 Å². The van der Waals surface area contributed by atoms with Crippen LogP contribution in [0.2, 0.25) is 0 Å². The number of rotatable bonds is 12. The molecule has 18 nitrogen and oxygen atoms in total. The number of hydrogen-bond acceptors (Lipinski definition) is 11. The number of likely N-dealkylation sites (N-methyl/N-ethyl adjacent to an activating group) is 1. The Morgan fingerprint density at radius 1 is 1.10 bits per heavy atom. The second kappa shape index (κ2) is 20.4. The van der Waals surface area contributed by atoms with E-state index in [4.69, 9.17) is 14.5 Å². The first-order valence-corrected chi connectivity index (χ1v) is 24.1. The molecule has 3 aliphatic rings. The predicted octanol–water partition coefficient (Wildman–Crippen LogP) is 5.29. The maximum absolute atomic E-state index is 14.8. The number of nitroso groups, excluding NO2 is 1. The molecule has 2 aromatic carbocycles.